The molecule has 4 nitrogen and oxygen atoms in total. The third-order valence-corrected chi connectivity index (χ3v) is 4.63. The number of sulfone groups is 1. The minimum atomic E-state index is -3.18. The number of hydrogen-bond acceptors (Lipinski definition) is 4. The first-order valence-electron chi connectivity index (χ1n) is 6.80. The highest BCUT2D eigenvalue weighted by atomic mass is 32.2. The van der Waals surface area contributed by atoms with E-state index in [1.165, 1.54) is 11.8 Å². The molecule has 0 bridgehead atoms. The minimum Gasteiger partial charge on any atom is -0.271 e. The number of nitrogens with one attached hydrogen (secondary N) is 1. The summed E-state index contributed by atoms with van der Waals surface area (Å²) in [7, 11) is -3.18. The van der Waals surface area contributed by atoms with Crippen LogP contribution in [0.5, 0.6) is 0 Å². The molecule has 2 rings (SSSR count). The molecule has 3 N–H and O–H groups in total. The normalized spacial score (nSPS) is 13.1. The first-order chi connectivity index (χ1) is 9.95. The molecule has 1 atom stereocenters. The lowest BCUT2D eigenvalue weighted by atomic mass is 9.97. The Morgan fingerprint density at radius 1 is 1.10 bits per heavy atom. The van der Waals surface area contributed by atoms with Crippen LogP contribution in [0.4, 0.5) is 0 Å². The summed E-state index contributed by atoms with van der Waals surface area (Å²) >= 11 is 0. The van der Waals surface area contributed by atoms with Gasteiger partial charge in [0.15, 0.2) is 9.84 Å². The van der Waals surface area contributed by atoms with Crippen molar-refractivity contribution in [1.82, 2.24) is 5.43 Å². The monoisotopic (exact) mass is 304 g/mol. The first kappa shape index (κ1) is 15.7. The van der Waals surface area contributed by atoms with Crippen molar-refractivity contribution in [3.63, 3.8) is 0 Å². The van der Waals surface area contributed by atoms with Gasteiger partial charge >= 0.3 is 0 Å². The molecule has 0 heterocycles. The van der Waals surface area contributed by atoms with Gasteiger partial charge < -0.3 is 0 Å². The molecule has 5 heteroatoms. The predicted octanol–water partition coefficient (Wildman–Crippen LogP) is 2.21. The molecule has 21 heavy (non-hydrogen) atoms. The van der Waals surface area contributed by atoms with Crippen LogP contribution in [0, 0.1) is 0 Å². The summed E-state index contributed by atoms with van der Waals surface area (Å²) in [6.07, 6.45) is 2.16. The summed E-state index contributed by atoms with van der Waals surface area (Å²) in [5, 5.41) is 0. The highest BCUT2D eigenvalue weighted by Crippen LogP contribution is 2.23. The van der Waals surface area contributed by atoms with Gasteiger partial charge in [-0.25, -0.2) is 13.8 Å². The van der Waals surface area contributed by atoms with Crippen molar-refractivity contribution in [1.29, 1.82) is 0 Å². The Balaban J connectivity index is 2.37. The number of hydrogen-bond donors (Lipinski definition) is 2. The highest BCUT2D eigenvalue weighted by Gasteiger charge is 2.14. The number of hydrazine groups is 1. The van der Waals surface area contributed by atoms with Crippen LogP contribution in [0.3, 0.4) is 0 Å². The summed E-state index contributed by atoms with van der Waals surface area (Å²) in [6.45, 7) is 2.10. The van der Waals surface area contributed by atoms with E-state index in [9.17, 15) is 8.42 Å². The lowest BCUT2D eigenvalue weighted by molar-refractivity contribution is 0.601. The maximum Gasteiger partial charge on any atom is 0.175 e. The van der Waals surface area contributed by atoms with Crippen LogP contribution in [-0.2, 0) is 16.3 Å². The van der Waals surface area contributed by atoms with Gasteiger partial charge in [0.05, 0.1) is 10.9 Å². The molecule has 0 saturated heterocycles. The molecule has 0 aromatic heterocycles. The standard InChI is InChI=1S/C16H20N2O2S/c1-3-12-5-4-6-14(11-12)16(18-17)13-7-9-15(10-8-13)21(2,19)20/h4-11,16,18H,3,17H2,1-2H3. The zero-order valence-electron chi connectivity index (χ0n) is 12.2. The zero-order valence-corrected chi connectivity index (χ0v) is 13.0. The van der Waals surface area contributed by atoms with Gasteiger partial charge in [-0.1, -0.05) is 43.3 Å². The van der Waals surface area contributed by atoms with Crippen LogP contribution in [0.25, 0.3) is 0 Å². The molecule has 1 unspecified atom stereocenters. The third kappa shape index (κ3) is 3.69. The topological polar surface area (TPSA) is 72.2 Å². The van der Waals surface area contributed by atoms with E-state index < -0.39 is 9.84 Å². The van der Waals surface area contributed by atoms with E-state index in [-0.39, 0.29) is 6.04 Å². The Bertz CT molecular complexity index is 709. The summed E-state index contributed by atoms with van der Waals surface area (Å²) in [6, 6.07) is 14.8. The van der Waals surface area contributed by atoms with Crippen LogP contribution in [0.1, 0.15) is 29.7 Å². The number of benzene rings is 2. The fourth-order valence-electron chi connectivity index (χ4n) is 2.28. The molecule has 0 aliphatic rings. The predicted molar refractivity (Wildman–Crippen MR) is 84.5 cm³/mol. The molecule has 0 amide bonds. The van der Waals surface area contributed by atoms with Crippen molar-refractivity contribution in [2.45, 2.75) is 24.3 Å². The Morgan fingerprint density at radius 2 is 1.76 bits per heavy atom. The average molecular weight is 304 g/mol. The van der Waals surface area contributed by atoms with Crippen molar-refractivity contribution in [2.75, 3.05) is 6.26 Å². The van der Waals surface area contributed by atoms with Gasteiger partial charge in [0.2, 0.25) is 0 Å². The average Bonchev–Trinajstić information content (AvgIpc) is 2.48. The van der Waals surface area contributed by atoms with Gasteiger partial charge in [-0.3, -0.25) is 5.84 Å². The zero-order chi connectivity index (χ0) is 15.5. The Labute approximate surface area is 125 Å². The Hall–Kier alpha value is -1.69. The highest BCUT2D eigenvalue weighted by molar-refractivity contribution is 7.90. The van der Waals surface area contributed by atoms with Crippen LogP contribution in [-0.4, -0.2) is 14.7 Å². The van der Waals surface area contributed by atoms with E-state index in [4.69, 9.17) is 5.84 Å². The Morgan fingerprint density at radius 3 is 2.29 bits per heavy atom. The molecular formula is C16H20N2O2S. The maximum atomic E-state index is 11.5. The largest absolute Gasteiger partial charge is 0.271 e. The van der Waals surface area contributed by atoms with Crippen LogP contribution in [0.2, 0.25) is 0 Å². The van der Waals surface area contributed by atoms with Crippen molar-refractivity contribution in [3.8, 4) is 0 Å². The van der Waals surface area contributed by atoms with Gasteiger partial charge in [-0.2, -0.15) is 0 Å². The SMILES string of the molecule is CCc1cccc(C(NN)c2ccc(S(C)(=O)=O)cc2)c1. The number of rotatable bonds is 5. The smallest absolute Gasteiger partial charge is 0.175 e. The first-order valence-corrected chi connectivity index (χ1v) is 8.70. The van der Waals surface area contributed by atoms with Gasteiger partial charge in [0.25, 0.3) is 0 Å². The molecule has 0 fully saturated rings. The van der Waals surface area contributed by atoms with Gasteiger partial charge in [-0.15, -0.1) is 0 Å². The van der Waals surface area contributed by atoms with Crippen molar-refractivity contribution < 1.29 is 8.42 Å². The molecular weight excluding hydrogens is 284 g/mol. The molecule has 112 valence electrons. The van der Waals surface area contributed by atoms with Crippen molar-refractivity contribution in [3.05, 3.63) is 65.2 Å². The van der Waals surface area contributed by atoms with Gasteiger partial charge in [0, 0.05) is 6.26 Å². The second kappa shape index (κ2) is 6.39. The van der Waals surface area contributed by atoms with E-state index >= 15 is 0 Å². The van der Waals surface area contributed by atoms with Crippen LogP contribution < -0.4 is 11.3 Å². The molecule has 0 spiro atoms. The fraction of sp³-hybridized carbons (Fsp3) is 0.250. The summed E-state index contributed by atoms with van der Waals surface area (Å²) in [5.41, 5.74) is 6.02. The Kier molecular flexibility index (Phi) is 4.77. The molecule has 0 saturated carbocycles. The maximum absolute atomic E-state index is 11.5. The van der Waals surface area contributed by atoms with Crippen LogP contribution in [0.15, 0.2) is 53.4 Å². The lowest BCUT2D eigenvalue weighted by Gasteiger charge is -2.18. The number of aryl methyl sites for hydroxylation is 1. The van der Waals surface area contributed by atoms with Crippen molar-refractivity contribution >= 4 is 9.84 Å². The molecule has 0 aliphatic carbocycles. The molecule has 0 aliphatic heterocycles. The van der Waals surface area contributed by atoms with E-state index in [0.717, 1.165) is 17.5 Å². The van der Waals surface area contributed by atoms with E-state index in [0.29, 0.717) is 4.90 Å². The third-order valence-electron chi connectivity index (χ3n) is 3.50. The number of nitrogens with two attached hydrogens (primary N) is 1. The second-order valence-electron chi connectivity index (χ2n) is 5.04. The van der Waals surface area contributed by atoms with E-state index in [1.54, 1.807) is 24.3 Å². The molecule has 2 aromatic carbocycles. The molecule has 0 radical (unpaired) electrons. The van der Waals surface area contributed by atoms with E-state index in [1.807, 2.05) is 12.1 Å². The second-order valence-corrected chi connectivity index (χ2v) is 7.06. The summed E-state index contributed by atoms with van der Waals surface area (Å²) < 4.78 is 23.0. The minimum absolute atomic E-state index is 0.162. The van der Waals surface area contributed by atoms with E-state index in [2.05, 4.69) is 24.5 Å². The summed E-state index contributed by atoms with van der Waals surface area (Å²) in [4.78, 5) is 0.310. The summed E-state index contributed by atoms with van der Waals surface area (Å²) in [5.74, 6) is 5.68. The molecule has 2 aromatic rings. The quantitative estimate of drug-likeness (QED) is 0.656. The van der Waals surface area contributed by atoms with Crippen LogP contribution >= 0.6 is 0 Å². The fourth-order valence-corrected chi connectivity index (χ4v) is 2.92. The van der Waals surface area contributed by atoms with Gasteiger partial charge in [0.1, 0.15) is 0 Å². The lowest BCUT2D eigenvalue weighted by Crippen LogP contribution is -2.28. The van der Waals surface area contributed by atoms with Gasteiger partial charge in [-0.05, 0) is 35.2 Å². The van der Waals surface area contributed by atoms with Crippen molar-refractivity contribution in [2.24, 2.45) is 5.84 Å².